The van der Waals surface area contributed by atoms with Gasteiger partial charge in [-0.25, -0.2) is 17.2 Å². The highest BCUT2D eigenvalue weighted by atomic mass is 35.5. The number of rotatable bonds is 11. The maximum Gasteiger partial charge on any atom is 0.244 e. The first kappa shape index (κ1) is 29.1. The molecule has 0 heterocycles. The number of likely N-dealkylation sites (N-methyl/N-ethyl adjacent to an activating group) is 1. The topological polar surface area (TPSA) is 86.8 Å². The number of hydrogen-bond acceptors (Lipinski definition) is 4. The number of halogens is 3. The average Bonchev–Trinajstić information content (AvgIpc) is 2.87. The lowest BCUT2D eigenvalue weighted by Crippen LogP contribution is -2.53. The Labute approximate surface area is 226 Å². The summed E-state index contributed by atoms with van der Waals surface area (Å²) in [6, 6.07) is 16.8. The van der Waals surface area contributed by atoms with Gasteiger partial charge in [0, 0.05) is 19.5 Å². The molecule has 2 amide bonds. The van der Waals surface area contributed by atoms with E-state index < -0.39 is 46.1 Å². The van der Waals surface area contributed by atoms with Gasteiger partial charge in [-0.15, -0.1) is 0 Å². The van der Waals surface area contributed by atoms with Crippen LogP contribution >= 0.6 is 11.6 Å². The second kappa shape index (κ2) is 12.8. The highest BCUT2D eigenvalue weighted by Crippen LogP contribution is 2.25. The average molecular weight is 564 g/mol. The highest BCUT2D eigenvalue weighted by Gasteiger charge is 2.33. The summed E-state index contributed by atoms with van der Waals surface area (Å²) in [6.07, 6.45) is 1.06. The van der Waals surface area contributed by atoms with Crippen molar-refractivity contribution in [2.45, 2.75) is 25.9 Å². The smallest absolute Gasteiger partial charge is 0.244 e. The van der Waals surface area contributed by atoms with E-state index in [0.29, 0.717) is 12.1 Å². The summed E-state index contributed by atoms with van der Waals surface area (Å²) in [5.41, 5.74) is 1.32. The van der Waals surface area contributed by atoms with Crippen molar-refractivity contribution in [3.8, 4) is 0 Å². The molecule has 38 heavy (non-hydrogen) atoms. The van der Waals surface area contributed by atoms with Crippen molar-refractivity contribution in [1.82, 2.24) is 10.2 Å². The zero-order valence-electron chi connectivity index (χ0n) is 20.9. The third-order valence-electron chi connectivity index (χ3n) is 5.76. The molecule has 0 radical (unpaired) electrons. The van der Waals surface area contributed by atoms with E-state index in [0.717, 1.165) is 28.3 Å². The van der Waals surface area contributed by atoms with Crippen LogP contribution in [-0.2, 0) is 32.6 Å². The molecule has 1 atom stereocenters. The molecule has 3 aromatic rings. The van der Waals surface area contributed by atoms with E-state index in [1.54, 1.807) is 19.1 Å². The van der Waals surface area contributed by atoms with Crippen LogP contribution in [0.4, 0.5) is 14.5 Å². The predicted octanol–water partition coefficient (Wildman–Crippen LogP) is 4.16. The Kier molecular flexibility index (Phi) is 9.82. The van der Waals surface area contributed by atoms with Crippen molar-refractivity contribution in [2.24, 2.45) is 0 Å². The molecule has 3 rings (SSSR count). The fourth-order valence-corrected chi connectivity index (χ4v) is 4.90. The number of nitrogens with zero attached hydrogens (tertiary/aromatic N) is 2. The molecule has 0 bridgehead atoms. The Morgan fingerprint density at radius 1 is 0.974 bits per heavy atom. The minimum absolute atomic E-state index is 0.00778. The number of benzene rings is 3. The monoisotopic (exact) mass is 563 g/mol. The first-order chi connectivity index (χ1) is 18.0. The van der Waals surface area contributed by atoms with Crippen molar-refractivity contribution in [1.29, 1.82) is 0 Å². The van der Waals surface area contributed by atoms with Crippen LogP contribution in [0.15, 0.2) is 72.8 Å². The van der Waals surface area contributed by atoms with Crippen LogP contribution in [0.1, 0.15) is 18.1 Å². The van der Waals surface area contributed by atoms with Crippen LogP contribution in [0.25, 0.3) is 0 Å². The summed E-state index contributed by atoms with van der Waals surface area (Å²) in [4.78, 5) is 28.3. The number of carbonyl (C=O) groups excluding carboxylic acids is 2. The molecule has 0 aliphatic carbocycles. The van der Waals surface area contributed by atoms with Crippen LogP contribution in [0.3, 0.4) is 0 Å². The van der Waals surface area contributed by atoms with Gasteiger partial charge in [0.15, 0.2) is 0 Å². The first-order valence-corrected chi connectivity index (χ1v) is 14.0. The number of nitrogens with one attached hydrogen (secondary N) is 1. The van der Waals surface area contributed by atoms with E-state index >= 15 is 0 Å². The van der Waals surface area contributed by atoms with Crippen molar-refractivity contribution in [3.63, 3.8) is 0 Å². The third-order valence-corrected chi connectivity index (χ3v) is 7.19. The molecule has 0 saturated carbocycles. The zero-order chi connectivity index (χ0) is 27.9. The molecule has 11 heteroatoms. The van der Waals surface area contributed by atoms with Crippen LogP contribution in [0.2, 0.25) is 5.02 Å². The Bertz CT molecular complexity index is 1370. The van der Waals surface area contributed by atoms with Gasteiger partial charge in [0.05, 0.1) is 17.0 Å². The molecule has 0 aliphatic rings. The molecule has 7 nitrogen and oxygen atoms in total. The number of amides is 2. The number of carbonyl (C=O) groups is 2. The zero-order valence-corrected chi connectivity index (χ0v) is 22.5. The number of sulfonamides is 1. The van der Waals surface area contributed by atoms with Gasteiger partial charge >= 0.3 is 0 Å². The second-order valence-electron chi connectivity index (χ2n) is 8.62. The molecular weight excluding hydrogens is 536 g/mol. The van der Waals surface area contributed by atoms with E-state index in [1.165, 1.54) is 35.2 Å². The van der Waals surface area contributed by atoms with Gasteiger partial charge in [-0.3, -0.25) is 13.9 Å². The van der Waals surface area contributed by atoms with E-state index in [9.17, 15) is 26.8 Å². The fourth-order valence-electron chi connectivity index (χ4n) is 3.89. The van der Waals surface area contributed by atoms with Gasteiger partial charge in [-0.1, -0.05) is 54.1 Å². The van der Waals surface area contributed by atoms with E-state index in [2.05, 4.69) is 5.32 Å². The Hall–Kier alpha value is -3.50. The normalized spacial score (nSPS) is 12.0. The van der Waals surface area contributed by atoms with Gasteiger partial charge in [0.1, 0.15) is 24.2 Å². The molecule has 3 aromatic carbocycles. The van der Waals surface area contributed by atoms with Crippen molar-refractivity contribution in [3.05, 3.63) is 101 Å². The molecule has 0 fully saturated rings. The molecule has 0 saturated heterocycles. The minimum atomic E-state index is -4.02. The van der Waals surface area contributed by atoms with Crippen molar-refractivity contribution < 1.29 is 26.8 Å². The summed E-state index contributed by atoms with van der Waals surface area (Å²) in [7, 11) is -4.02. The maximum absolute atomic E-state index is 13.8. The summed E-state index contributed by atoms with van der Waals surface area (Å²) in [5, 5.41) is 2.43. The minimum Gasteiger partial charge on any atom is -0.355 e. The van der Waals surface area contributed by atoms with E-state index in [1.807, 2.05) is 18.2 Å². The van der Waals surface area contributed by atoms with Gasteiger partial charge in [0.2, 0.25) is 21.8 Å². The standard InChI is InChI=1S/C27H28ClF2N3O4S/c1-3-31-27(35)25(15-19-7-5-4-6-8-19)32(17-20-9-11-21(29)12-10-20)26(34)18-33(38(2,36)37)22-13-14-24(30)23(28)16-22/h4-14,16,25H,3,15,17-18H2,1-2H3,(H,31,35)/t25-/m1/s1. The molecular formula is C27H28ClF2N3O4S. The Morgan fingerprint density at radius 2 is 1.63 bits per heavy atom. The lowest BCUT2D eigenvalue weighted by molar-refractivity contribution is -0.140. The fraction of sp³-hybridized carbons (Fsp3) is 0.259. The SMILES string of the molecule is CCNC(=O)[C@@H](Cc1ccccc1)N(Cc1ccc(F)cc1)C(=O)CN(c1ccc(F)c(Cl)c1)S(C)(=O)=O. The van der Waals surface area contributed by atoms with E-state index in [4.69, 9.17) is 11.6 Å². The molecule has 0 spiro atoms. The third kappa shape index (κ3) is 7.75. The van der Waals surface area contributed by atoms with E-state index in [-0.39, 0.29) is 23.7 Å². The Balaban J connectivity index is 2.04. The predicted molar refractivity (Wildman–Crippen MR) is 143 cm³/mol. The number of hydrogen-bond donors (Lipinski definition) is 1. The van der Waals surface area contributed by atoms with Crippen LogP contribution in [-0.4, -0.2) is 50.5 Å². The quantitative estimate of drug-likeness (QED) is 0.379. The molecule has 0 unspecified atom stereocenters. The van der Waals surface area contributed by atoms with Crippen molar-refractivity contribution >= 4 is 39.1 Å². The Morgan fingerprint density at radius 3 is 2.21 bits per heavy atom. The van der Waals surface area contributed by atoms with Gasteiger partial charge < -0.3 is 10.2 Å². The van der Waals surface area contributed by atoms with Crippen LogP contribution < -0.4 is 9.62 Å². The maximum atomic E-state index is 13.8. The molecule has 1 N–H and O–H groups in total. The highest BCUT2D eigenvalue weighted by molar-refractivity contribution is 7.92. The van der Waals surface area contributed by atoms with Crippen LogP contribution in [0, 0.1) is 11.6 Å². The first-order valence-electron chi connectivity index (χ1n) is 11.8. The van der Waals surface area contributed by atoms with Crippen molar-refractivity contribution in [2.75, 3.05) is 23.7 Å². The summed E-state index contributed by atoms with van der Waals surface area (Å²) in [5.74, 6) is -2.32. The van der Waals surface area contributed by atoms with Gasteiger partial charge in [0.25, 0.3) is 0 Å². The second-order valence-corrected chi connectivity index (χ2v) is 10.9. The largest absolute Gasteiger partial charge is 0.355 e. The lowest BCUT2D eigenvalue weighted by atomic mass is 10.0. The van der Waals surface area contributed by atoms with Crippen LogP contribution in [0.5, 0.6) is 0 Å². The van der Waals surface area contributed by atoms with Gasteiger partial charge in [-0.2, -0.15) is 0 Å². The lowest BCUT2D eigenvalue weighted by Gasteiger charge is -2.33. The summed E-state index contributed by atoms with van der Waals surface area (Å²) in [6.45, 7) is 1.29. The molecule has 202 valence electrons. The van der Waals surface area contributed by atoms with Gasteiger partial charge in [-0.05, 0) is 48.4 Å². The number of anilines is 1. The molecule has 0 aromatic heterocycles. The molecule has 0 aliphatic heterocycles. The summed E-state index contributed by atoms with van der Waals surface area (Å²) < 4.78 is 53.5. The summed E-state index contributed by atoms with van der Waals surface area (Å²) >= 11 is 5.87.